The van der Waals surface area contributed by atoms with Gasteiger partial charge in [-0.3, -0.25) is 0 Å². The maximum absolute atomic E-state index is 13.5. The van der Waals surface area contributed by atoms with Crippen LogP contribution in [0.15, 0.2) is 36.4 Å². The molecule has 0 radical (unpaired) electrons. The molecule has 0 aliphatic heterocycles. The zero-order valence-electron chi connectivity index (χ0n) is 11.9. The molecule has 0 heterocycles. The Bertz CT molecular complexity index is 671. The summed E-state index contributed by atoms with van der Waals surface area (Å²) in [5.74, 6) is -0.435. The molecule has 2 rings (SSSR count). The van der Waals surface area contributed by atoms with E-state index in [0.717, 1.165) is 0 Å². The van der Waals surface area contributed by atoms with Gasteiger partial charge in [0.25, 0.3) is 0 Å². The van der Waals surface area contributed by atoms with E-state index < -0.39 is 5.97 Å². The number of nitrogens with two attached hydrogens (primary N) is 1. The summed E-state index contributed by atoms with van der Waals surface area (Å²) < 4.78 is 23.7. The SMILES string of the molecule is COC(=O)c1cc(OCc2ccccc2F)cc(C)c1N. The van der Waals surface area contributed by atoms with Gasteiger partial charge in [-0.1, -0.05) is 18.2 Å². The molecule has 0 bridgehead atoms. The number of anilines is 1. The molecule has 4 nitrogen and oxygen atoms in total. The van der Waals surface area contributed by atoms with Gasteiger partial charge in [-0.2, -0.15) is 0 Å². The van der Waals surface area contributed by atoms with Crippen LogP contribution in [-0.4, -0.2) is 13.1 Å². The number of carbonyl (C=O) groups is 1. The van der Waals surface area contributed by atoms with Crippen LogP contribution in [0.1, 0.15) is 21.5 Å². The largest absolute Gasteiger partial charge is 0.489 e. The summed E-state index contributed by atoms with van der Waals surface area (Å²) in [7, 11) is 1.28. The normalized spacial score (nSPS) is 10.2. The third-order valence-corrected chi connectivity index (χ3v) is 3.12. The second kappa shape index (κ2) is 6.26. The molecular formula is C16H16FNO3. The number of carbonyl (C=O) groups excluding carboxylic acids is 1. The van der Waals surface area contributed by atoms with Crippen molar-refractivity contribution < 1.29 is 18.7 Å². The van der Waals surface area contributed by atoms with Gasteiger partial charge in [0.15, 0.2) is 0 Å². The fraction of sp³-hybridized carbons (Fsp3) is 0.188. The van der Waals surface area contributed by atoms with Gasteiger partial charge in [-0.25, -0.2) is 9.18 Å². The monoisotopic (exact) mass is 289 g/mol. The smallest absolute Gasteiger partial charge is 0.340 e. The molecule has 0 aromatic heterocycles. The van der Waals surface area contributed by atoms with E-state index in [-0.39, 0.29) is 18.0 Å². The molecule has 0 fully saturated rings. The van der Waals surface area contributed by atoms with Crippen LogP contribution in [-0.2, 0) is 11.3 Å². The first kappa shape index (κ1) is 14.8. The van der Waals surface area contributed by atoms with Crippen molar-refractivity contribution in [2.45, 2.75) is 13.5 Å². The molecule has 110 valence electrons. The standard InChI is InChI=1S/C16H16FNO3/c1-10-7-12(8-13(15(10)18)16(19)20-2)21-9-11-5-3-4-6-14(11)17/h3-8H,9,18H2,1-2H3. The predicted octanol–water partition coefficient (Wildman–Crippen LogP) is 3.08. The van der Waals surface area contributed by atoms with Crippen molar-refractivity contribution in [1.29, 1.82) is 0 Å². The van der Waals surface area contributed by atoms with Gasteiger partial charge in [0, 0.05) is 11.3 Å². The number of methoxy groups -OCH3 is 1. The Morgan fingerprint density at radius 3 is 2.67 bits per heavy atom. The summed E-state index contributed by atoms with van der Waals surface area (Å²) in [5.41, 5.74) is 7.56. The summed E-state index contributed by atoms with van der Waals surface area (Å²) in [6.45, 7) is 1.83. The van der Waals surface area contributed by atoms with Crippen LogP contribution >= 0.6 is 0 Å². The van der Waals surface area contributed by atoms with E-state index in [1.807, 2.05) is 0 Å². The summed E-state index contributed by atoms with van der Waals surface area (Å²) in [4.78, 5) is 11.6. The lowest BCUT2D eigenvalue weighted by Gasteiger charge is -2.12. The molecule has 21 heavy (non-hydrogen) atoms. The first-order valence-electron chi connectivity index (χ1n) is 6.37. The van der Waals surface area contributed by atoms with Crippen molar-refractivity contribution >= 4 is 11.7 Å². The molecule has 2 N–H and O–H groups in total. The molecule has 0 saturated carbocycles. The fourth-order valence-corrected chi connectivity index (χ4v) is 1.90. The van der Waals surface area contributed by atoms with Crippen molar-refractivity contribution in [2.24, 2.45) is 0 Å². The maximum Gasteiger partial charge on any atom is 0.340 e. The number of hydrogen-bond donors (Lipinski definition) is 1. The van der Waals surface area contributed by atoms with E-state index in [2.05, 4.69) is 4.74 Å². The number of nitrogen functional groups attached to an aromatic ring is 1. The maximum atomic E-state index is 13.5. The van der Waals surface area contributed by atoms with Gasteiger partial charge in [-0.05, 0) is 30.7 Å². The van der Waals surface area contributed by atoms with Crippen LogP contribution in [0, 0.1) is 12.7 Å². The van der Waals surface area contributed by atoms with Crippen LogP contribution in [0.5, 0.6) is 5.75 Å². The predicted molar refractivity (Wildman–Crippen MR) is 77.7 cm³/mol. The fourth-order valence-electron chi connectivity index (χ4n) is 1.90. The Morgan fingerprint density at radius 1 is 1.29 bits per heavy atom. The summed E-state index contributed by atoms with van der Waals surface area (Å²) in [5, 5.41) is 0. The second-order valence-corrected chi connectivity index (χ2v) is 4.57. The average Bonchev–Trinajstić information content (AvgIpc) is 2.48. The zero-order chi connectivity index (χ0) is 15.4. The number of rotatable bonds is 4. The molecule has 2 aromatic carbocycles. The van der Waals surface area contributed by atoms with E-state index in [4.69, 9.17) is 10.5 Å². The van der Waals surface area contributed by atoms with Gasteiger partial charge in [-0.15, -0.1) is 0 Å². The highest BCUT2D eigenvalue weighted by molar-refractivity contribution is 5.96. The third-order valence-electron chi connectivity index (χ3n) is 3.12. The molecule has 0 atom stereocenters. The van der Waals surface area contributed by atoms with E-state index in [1.54, 1.807) is 31.2 Å². The van der Waals surface area contributed by atoms with Crippen LogP contribution in [0.25, 0.3) is 0 Å². The van der Waals surface area contributed by atoms with Crippen molar-refractivity contribution in [3.8, 4) is 5.75 Å². The van der Waals surface area contributed by atoms with Gasteiger partial charge < -0.3 is 15.2 Å². The number of hydrogen-bond acceptors (Lipinski definition) is 4. The minimum Gasteiger partial charge on any atom is -0.489 e. The lowest BCUT2D eigenvalue weighted by Crippen LogP contribution is -2.08. The van der Waals surface area contributed by atoms with Crippen LogP contribution in [0.4, 0.5) is 10.1 Å². The quantitative estimate of drug-likeness (QED) is 0.694. The lowest BCUT2D eigenvalue weighted by molar-refractivity contribution is 0.0601. The molecule has 5 heteroatoms. The van der Waals surface area contributed by atoms with E-state index in [0.29, 0.717) is 22.6 Å². The van der Waals surface area contributed by atoms with Gasteiger partial charge in [0.2, 0.25) is 0 Å². The Kier molecular flexibility index (Phi) is 4.42. The minimum atomic E-state index is -0.535. The van der Waals surface area contributed by atoms with Crippen LogP contribution in [0.2, 0.25) is 0 Å². The van der Waals surface area contributed by atoms with Crippen molar-refractivity contribution in [3.63, 3.8) is 0 Å². The Morgan fingerprint density at radius 2 is 2.00 bits per heavy atom. The summed E-state index contributed by atoms with van der Waals surface area (Å²) in [6.07, 6.45) is 0. The number of halogens is 1. The molecule has 0 aliphatic rings. The Balaban J connectivity index is 2.23. The molecule has 2 aromatic rings. The Hall–Kier alpha value is -2.56. The molecule has 0 unspecified atom stereocenters. The van der Waals surface area contributed by atoms with E-state index in [9.17, 15) is 9.18 Å². The van der Waals surface area contributed by atoms with Crippen LogP contribution < -0.4 is 10.5 Å². The minimum absolute atomic E-state index is 0.0661. The number of aryl methyl sites for hydroxylation is 1. The number of esters is 1. The van der Waals surface area contributed by atoms with E-state index >= 15 is 0 Å². The third kappa shape index (κ3) is 3.31. The van der Waals surface area contributed by atoms with Gasteiger partial charge in [0.05, 0.1) is 12.7 Å². The number of benzene rings is 2. The second-order valence-electron chi connectivity index (χ2n) is 4.57. The molecule has 0 saturated heterocycles. The zero-order valence-corrected chi connectivity index (χ0v) is 11.9. The summed E-state index contributed by atoms with van der Waals surface area (Å²) in [6, 6.07) is 9.54. The molecule has 0 amide bonds. The molecule has 0 spiro atoms. The number of ether oxygens (including phenoxy) is 2. The summed E-state index contributed by atoms with van der Waals surface area (Å²) >= 11 is 0. The average molecular weight is 289 g/mol. The van der Waals surface area contributed by atoms with Crippen molar-refractivity contribution in [3.05, 3.63) is 58.9 Å². The van der Waals surface area contributed by atoms with Gasteiger partial charge >= 0.3 is 5.97 Å². The first-order chi connectivity index (χ1) is 10.0. The highest BCUT2D eigenvalue weighted by Gasteiger charge is 2.14. The Labute approximate surface area is 122 Å². The molecular weight excluding hydrogens is 273 g/mol. The topological polar surface area (TPSA) is 61.5 Å². The van der Waals surface area contributed by atoms with Gasteiger partial charge in [0.1, 0.15) is 18.2 Å². The highest BCUT2D eigenvalue weighted by atomic mass is 19.1. The molecule has 0 aliphatic carbocycles. The lowest BCUT2D eigenvalue weighted by atomic mass is 10.1. The van der Waals surface area contributed by atoms with Crippen molar-refractivity contribution in [1.82, 2.24) is 0 Å². The van der Waals surface area contributed by atoms with E-state index in [1.165, 1.54) is 19.2 Å². The van der Waals surface area contributed by atoms with Crippen molar-refractivity contribution in [2.75, 3.05) is 12.8 Å². The first-order valence-corrected chi connectivity index (χ1v) is 6.37. The highest BCUT2D eigenvalue weighted by Crippen LogP contribution is 2.26. The van der Waals surface area contributed by atoms with Crippen LogP contribution in [0.3, 0.4) is 0 Å².